The molecular weight excluding hydrogens is 228 g/mol. The van der Waals surface area contributed by atoms with Gasteiger partial charge in [-0.2, -0.15) is 0 Å². The van der Waals surface area contributed by atoms with Crippen molar-refractivity contribution in [3.05, 3.63) is 21.9 Å². The lowest BCUT2D eigenvalue weighted by Crippen LogP contribution is -2.31. The van der Waals surface area contributed by atoms with E-state index in [4.69, 9.17) is 0 Å². The normalized spacial score (nSPS) is 20.5. The first-order valence-corrected chi connectivity index (χ1v) is 7.81. The third-order valence-electron chi connectivity index (χ3n) is 3.80. The Morgan fingerprint density at radius 2 is 2.29 bits per heavy atom. The summed E-state index contributed by atoms with van der Waals surface area (Å²) in [4.78, 5) is 4.24. The number of nitrogens with one attached hydrogen (secondary N) is 1. The maximum absolute atomic E-state index is 3.59. The SMILES string of the molecule is c1cc2c(s1)CCN(CCCCNC1CC1)C2. The van der Waals surface area contributed by atoms with Gasteiger partial charge in [0.05, 0.1) is 0 Å². The first-order chi connectivity index (χ1) is 8.42. The minimum absolute atomic E-state index is 0.873. The Morgan fingerprint density at radius 1 is 1.35 bits per heavy atom. The number of fused-ring (bicyclic) bond motifs is 1. The number of unbranched alkanes of at least 4 members (excludes halogenated alkanes) is 1. The van der Waals surface area contributed by atoms with Crippen LogP contribution in [0.25, 0.3) is 0 Å². The fourth-order valence-corrected chi connectivity index (χ4v) is 3.44. The Morgan fingerprint density at radius 3 is 3.18 bits per heavy atom. The zero-order chi connectivity index (χ0) is 11.5. The molecule has 1 aromatic heterocycles. The molecule has 1 aromatic rings. The van der Waals surface area contributed by atoms with Crippen molar-refractivity contribution in [2.75, 3.05) is 19.6 Å². The second-order valence-electron chi connectivity index (χ2n) is 5.33. The summed E-state index contributed by atoms with van der Waals surface area (Å²) in [6.07, 6.45) is 6.77. The average Bonchev–Trinajstić information content (AvgIpc) is 3.05. The van der Waals surface area contributed by atoms with Crippen molar-refractivity contribution < 1.29 is 0 Å². The summed E-state index contributed by atoms with van der Waals surface area (Å²) in [5.41, 5.74) is 1.58. The van der Waals surface area contributed by atoms with Gasteiger partial charge in [0.15, 0.2) is 0 Å². The van der Waals surface area contributed by atoms with Crippen molar-refractivity contribution in [2.24, 2.45) is 0 Å². The van der Waals surface area contributed by atoms with Gasteiger partial charge < -0.3 is 5.32 Å². The summed E-state index contributed by atoms with van der Waals surface area (Å²) >= 11 is 1.93. The Labute approximate surface area is 108 Å². The van der Waals surface area contributed by atoms with E-state index in [1.807, 2.05) is 11.3 Å². The summed E-state index contributed by atoms with van der Waals surface area (Å²) in [6.45, 7) is 4.96. The van der Waals surface area contributed by atoms with Gasteiger partial charge in [-0.25, -0.2) is 0 Å². The summed E-state index contributed by atoms with van der Waals surface area (Å²) in [6, 6.07) is 3.18. The summed E-state index contributed by atoms with van der Waals surface area (Å²) in [5, 5.41) is 5.83. The zero-order valence-corrected chi connectivity index (χ0v) is 11.3. The van der Waals surface area contributed by atoms with E-state index >= 15 is 0 Å². The van der Waals surface area contributed by atoms with Gasteiger partial charge in [-0.15, -0.1) is 11.3 Å². The molecule has 1 aliphatic heterocycles. The van der Waals surface area contributed by atoms with Crippen LogP contribution >= 0.6 is 11.3 Å². The molecule has 3 rings (SSSR count). The lowest BCUT2D eigenvalue weighted by Gasteiger charge is -2.26. The standard InChI is InChI=1S/C14H22N2S/c1(7-15-13-3-4-13)2-8-16-9-5-14-12(11-16)6-10-17-14/h6,10,13,15H,1-5,7-9,11H2. The summed E-state index contributed by atoms with van der Waals surface area (Å²) in [5.74, 6) is 0. The Hall–Kier alpha value is -0.380. The van der Waals surface area contributed by atoms with Crippen molar-refractivity contribution in [3.63, 3.8) is 0 Å². The van der Waals surface area contributed by atoms with E-state index < -0.39 is 0 Å². The van der Waals surface area contributed by atoms with E-state index in [0.717, 1.165) is 6.04 Å². The lowest BCUT2D eigenvalue weighted by atomic mass is 10.1. The van der Waals surface area contributed by atoms with Crippen LogP contribution in [0.5, 0.6) is 0 Å². The smallest absolute Gasteiger partial charge is 0.0244 e. The Bertz CT molecular complexity index is 357. The molecule has 0 amide bonds. The first-order valence-electron chi connectivity index (χ1n) is 6.93. The third kappa shape index (κ3) is 3.30. The van der Waals surface area contributed by atoms with E-state index in [2.05, 4.69) is 21.7 Å². The molecule has 1 aliphatic carbocycles. The third-order valence-corrected chi connectivity index (χ3v) is 4.82. The highest BCUT2D eigenvalue weighted by atomic mass is 32.1. The summed E-state index contributed by atoms with van der Waals surface area (Å²) in [7, 11) is 0. The topological polar surface area (TPSA) is 15.3 Å². The van der Waals surface area contributed by atoms with Gasteiger partial charge >= 0.3 is 0 Å². The molecule has 0 radical (unpaired) electrons. The summed E-state index contributed by atoms with van der Waals surface area (Å²) < 4.78 is 0. The van der Waals surface area contributed by atoms with Gasteiger partial charge in [0.1, 0.15) is 0 Å². The van der Waals surface area contributed by atoms with Crippen molar-refractivity contribution in [1.82, 2.24) is 10.2 Å². The molecular formula is C14H22N2S. The molecule has 94 valence electrons. The van der Waals surface area contributed by atoms with Gasteiger partial charge in [0.2, 0.25) is 0 Å². The predicted molar refractivity (Wildman–Crippen MR) is 73.6 cm³/mol. The largest absolute Gasteiger partial charge is 0.314 e. The van der Waals surface area contributed by atoms with Crippen molar-refractivity contribution in [2.45, 2.75) is 44.7 Å². The number of thiophene rings is 1. The van der Waals surface area contributed by atoms with Crippen LogP contribution in [0, 0.1) is 0 Å². The van der Waals surface area contributed by atoms with Gasteiger partial charge in [-0.1, -0.05) is 0 Å². The molecule has 2 aliphatic rings. The highest BCUT2D eigenvalue weighted by molar-refractivity contribution is 7.10. The fourth-order valence-electron chi connectivity index (χ4n) is 2.55. The van der Waals surface area contributed by atoms with Crippen LogP contribution in [0.3, 0.4) is 0 Å². The molecule has 1 N–H and O–H groups in total. The van der Waals surface area contributed by atoms with Gasteiger partial charge in [-0.3, -0.25) is 4.90 Å². The van der Waals surface area contributed by atoms with Crippen LogP contribution in [-0.4, -0.2) is 30.6 Å². The zero-order valence-electron chi connectivity index (χ0n) is 10.5. The predicted octanol–water partition coefficient (Wildman–Crippen LogP) is 2.64. The molecule has 2 heterocycles. The van der Waals surface area contributed by atoms with Crippen molar-refractivity contribution in [1.29, 1.82) is 0 Å². The van der Waals surface area contributed by atoms with Gasteiger partial charge in [0, 0.05) is 24.0 Å². The molecule has 0 atom stereocenters. The quantitative estimate of drug-likeness (QED) is 0.781. The van der Waals surface area contributed by atoms with Gasteiger partial charge in [-0.05, 0) is 62.2 Å². The molecule has 17 heavy (non-hydrogen) atoms. The molecule has 0 saturated heterocycles. The monoisotopic (exact) mass is 250 g/mol. The molecule has 0 spiro atoms. The van der Waals surface area contributed by atoms with Crippen LogP contribution in [0.1, 0.15) is 36.1 Å². The number of rotatable bonds is 6. The highest BCUT2D eigenvalue weighted by Gasteiger charge is 2.19. The molecule has 0 bridgehead atoms. The maximum atomic E-state index is 3.59. The Balaban J connectivity index is 1.33. The van der Waals surface area contributed by atoms with Crippen LogP contribution in [0.4, 0.5) is 0 Å². The van der Waals surface area contributed by atoms with E-state index in [9.17, 15) is 0 Å². The molecule has 2 nitrogen and oxygen atoms in total. The minimum Gasteiger partial charge on any atom is -0.314 e. The molecule has 1 saturated carbocycles. The highest BCUT2D eigenvalue weighted by Crippen LogP contribution is 2.24. The molecule has 1 fully saturated rings. The van der Waals surface area contributed by atoms with Crippen LogP contribution in [0.15, 0.2) is 11.4 Å². The van der Waals surface area contributed by atoms with Gasteiger partial charge in [0.25, 0.3) is 0 Å². The Kier molecular flexibility index (Phi) is 3.79. The fraction of sp³-hybridized carbons (Fsp3) is 0.714. The number of nitrogens with zero attached hydrogens (tertiary/aromatic N) is 1. The van der Waals surface area contributed by atoms with Crippen LogP contribution in [0.2, 0.25) is 0 Å². The minimum atomic E-state index is 0.873. The second kappa shape index (κ2) is 5.51. The van der Waals surface area contributed by atoms with E-state index in [-0.39, 0.29) is 0 Å². The van der Waals surface area contributed by atoms with Crippen LogP contribution in [-0.2, 0) is 13.0 Å². The lowest BCUT2D eigenvalue weighted by molar-refractivity contribution is 0.250. The number of hydrogen-bond donors (Lipinski definition) is 1. The van der Waals surface area contributed by atoms with Crippen molar-refractivity contribution >= 4 is 11.3 Å². The average molecular weight is 250 g/mol. The first kappa shape index (κ1) is 11.7. The van der Waals surface area contributed by atoms with E-state index in [1.165, 1.54) is 58.3 Å². The molecule has 3 heteroatoms. The molecule has 0 aromatic carbocycles. The van der Waals surface area contributed by atoms with E-state index in [0.29, 0.717) is 0 Å². The van der Waals surface area contributed by atoms with E-state index in [1.54, 1.807) is 10.4 Å². The van der Waals surface area contributed by atoms with Crippen LogP contribution < -0.4 is 5.32 Å². The van der Waals surface area contributed by atoms with Crippen molar-refractivity contribution in [3.8, 4) is 0 Å². The molecule has 0 unspecified atom stereocenters. The second-order valence-corrected chi connectivity index (χ2v) is 6.33. The number of hydrogen-bond acceptors (Lipinski definition) is 3. The maximum Gasteiger partial charge on any atom is 0.0244 e.